The topological polar surface area (TPSA) is 82.8 Å². The Labute approximate surface area is 111 Å². The maximum absolute atomic E-state index is 10.6. The number of benzene rings is 1. The number of carbonyl (C=O) groups excluding carboxylic acids is 1. The average molecular weight is 266 g/mol. The molecule has 6 heteroatoms. The van der Waals surface area contributed by atoms with Crippen LogP contribution in [0.25, 0.3) is 0 Å². The van der Waals surface area contributed by atoms with E-state index >= 15 is 0 Å². The van der Waals surface area contributed by atoms with Gasteiger partial charge < -0.3 is 25.3 Å². The van der Waals surface area contributed by atoms with Gasteiger partial charge in [-0.25, -0.2) is 0 Å². The maximum Gasteiger partial charge on any atom is 0.231 e. The normalized spacial score (nSPS) is 12.5. The van der Waals surface area contributed by atoms with E-state index in [4.69, 9.17) is 19.9 Å². The lowest BCUT2D eigenvalue weighted by molar-refractivity contribution is -0.118. The largest absolute Gasteiger partial charge is 0.493 e. The molecule has 0 saturated heterocycles. The van der Waals surface area contributed by atoms with Crippen LogP contribution >= 0.6 is 0 Å². The van der Waals surface area contributed by atoms with E-state index in [0.29, 0.717) is 30.2 Å². The Hall–Kier alpha value is -1.95. The minimum atomic E-state index is -0.272. The Kier molecular flexibility index (Phi) is 4.46. The Bertz CT molecular complexity index is 462. The number of ether oxygens (including phenoxy) is 3. The van der Waals surface area contributed by atoms with Crippen LogP contribution in [0.2, 0.25) is 0 Å². The molecule has 0 atom stereocenters. The van der Waals surface area contributed by atoms with Crippen molar-refractivity contribution < 1.29 is 19.0 Å². The highest BCUT2D eigenvalue weighted by Gasteiger charge is 2.19. The number of hydrogen-bond donors (Lipinski definition) is 2. The first-order chi connectivity index (χ1) is 9.20. The Balaban J connectivity index is 1.89. The molecule has 1 amide bonds. The number of nitrogens with two attached hydrogens (primary N) is 1. The molecule has 19 heavy (non-hydrogen) atoms. The molecule has 3 N–H and O–H groups in total. The Morgan fingerprint density at radius 1 is 1.47 bits per heavy atom. The molecule has 0 spiro atoms. The second-order valence-corrected chi connectivity index (χ2v) is 4.28. The number of nitrogens with one attached hydrogen (secondary N) is 1. The zero-order valence-electron chi connectivity index (χ0n) is 10.9. The first-order valence-corrected chi connectivity index (χ1v) is 6.16. The van der Waals surface area contributed by atoms with Crippen LogP contribution < -0.4 is 25.3 Å². The standard InChI is InChI=1S/C13H18N2O4/c1-17-10-5-9(6-11-13(10)19-8-18-11)7-15-4-2-3-12(14)16/h5-6,15H,2-4,7-8H2,1H3,(H2,14,16). The van der Waals surface area contributed by atoms with Crippen molar-refractivity contribution in [1.29, 1.82) is 0 Å². The van der Waals surface area contributed by atoms with Crippen molar-refractivity contribution in [2.75, 3.05) is 20.4 Å². The van der Waals surface area contributed by atoms with Gasteiger partial charge in [-0.15, -0.1) is 0 Å². The second-order valence-electron chi connectivity index (χ2n) is 4.28. The van der Waals surface area contributed by atoms with Crippen molar-refractivity contribution in [3.63, 3.8) is 0 Å². The summed E-state index contributed by atoms with van der Waals surface area (Å²) in [7, 11) is 1.60. The number of carbonyl (C=O) groups is 1. The predicted molar refractivity (Wildman–Crippen MR) is 69.3 cm³/mol. The van der Waals surface area contributed by atoms with E-state index in [9.17, 15) is 4.79 Å². The molecule has 1 aliphatic heterocycles. The molecule has 6 nitrogen and oxygen atoms in total. The molecule has 0 saturated carbocycles. The SMILES string of the molecule is COc1cc(CNCCCC(N)=O)cc2c1OCO2. The highest BCUT2D eigenvalue weighted by Crippen LogP contribution is 2.41. The molecule has 1 aromatic rings. The van der Waals surface area contributed by atoms with E-state index in [-0.39, 0.29) is 12.7 Å². The highest BCUT2D eigenvalue weighted by molar-refractivity contribution is 5.73. The second kappa shape index (κ2) is 6.29. The molecule has 0 aromatic heterocycles. The van der Waals surface area contributed by atoms with Crippen molar-refractivity contribution in [1.82, 2.24) is 5.32 Å². The zero-order chi connectivity index (χ0) is 13.7. The predicted octanol–water partition coefficient (Wildman–Crippen LogP) is 0.779. The molecule has 1 aliphatic rings. The van der Waals surface area contributed by atoms with Crippen LogP contribution in [0.5, 0.6) is 17.2 Å². The summed E-state index contributed by atoms with van der Waals surface area (Å²) in [6.45, 7) is 1.63. The monoisotopic (exact) mass is 266 g/mol. The molecule has 0 radical (unpaired) electrons. The molecule has 0 fully saturated rings. The number of methoxy groups -OCH3 is 1. The number of rotatable bonds is 7. The first-order valence-electron chi connectivity index (χ1n) is 6.16. The van der Waals surface area contributed by atoms with Crippen LogP contribution in [0.3, 0.4) is 0 Å². The van der Waals surface area contributed by atoms with E-state index in [1.54, 1.807) is 7.11 Å². The van der Waals surface area contributed by atoms with Gasteiger partial charge in [0.1, 0.15) is 0 Å². The number of fused-ring (bicyclic) bond motifs is 1. The fourth-order valence-corrected chi connectivity index (χ4v) is 1.91. The maximum atomic E-state index is 10.6. The van der Waals surface area contributed by atoms with Gasteiger partial charge in [0.15, 0.2) is 11.5 Å². The number of primary amides is 1. The molecule has 104 valence electrons. The smallest absolute Gasteiger partial charge is 0.231 e. The van der Waals surface area contributed by atoms with Crippen molar-refractivity contribution in [2.24, 2.45) is 5.73 Å². The molecule has 2 rings (SSSR count). The lowest BCUT2D eigenvalue weighted by atomic mass is 10.2. The van der Waals surface area contributed by atoms with Gasteiger partial charge >= 0.3 is 0 Å². The zero-order valence-corrected chi connectivity index (χ0v) is 10.9. The molecular weight excluding hydrogens is 248 g/mol. The van der Waals surface area contributed by atoms with Crippen LogP contribution in [0, 0.1) is 0 Å². The summed E-state index contributed by atoms with van der Waals surface area (Å²) < 4.78 is 15.9. The summed E-state index contributed by atoms with van der Waals surface area (Å²) in [5.74, 6) is 1.75. The molecule has 0 unspecified atom stereocenters. The third-order valence-corrected chi connectivity index (χ3v) is 2.82. The van der Waals surface area contributed by atoms with Crippen LogP contribution in [0.15, 0.2) is 12.1 Å². The van der Waals surface area contributed by atoms with E-state index in [0.717, 1.165) is 18.5 Å². The number of amides is 1. The first kappa shape index (κ1) is 13.5. The third kappa shape index (κ3) is 3.51. The van der Waals surface area contributed by atoms with Gasteiger partial charge in [0.25, 0.3) is 0 Å². The highest BCUT2D eigenvalue weighted by atomic mass is 16.7. The number of hydrogen-bond acceptors (Lipinski definition) is 5. The van der Waals surface area contributed by atoms with Gasteiger partial charge in [0.2, 0.25) is 18.4 Å². The van der Waals surface area contributed by atoms with Crippen molar-refractivity contribution in [2.45, 2.75) is 19.4 Å². The fourth-order valence-electron chi connectivity index (χ4n) is 1.91. The Morgan fingerprint density at radius 2 is 2.32 bits per heavy atom. The summed E-state index contributed by atoms with van der Waals surface area (Å²) in [5.41, 5.74) is 6.11. The lowest BCUT2D eigenvalue weighted by Gasteiger charge is -2.09. The van der Waals surface area contributed by atoms with Gasteiger partial charge in [-0.2, -0.15) is 0 Å². The summed E-state index contributed by atoms with van der Waals surface area (Å²) in [6.07, 6.45) is 1.13. The van der Waals surface area contributed by atoms with Crippen LogP contribution in [-0.4, -0.2) is 26.4 Å². The fraction of sp³-hybridized carbons (Fsp3) is 0.462. The average Bonchev–Trinajstić information content (AvgIpc) is 2.85. The molecule has 0 aliphatic carbocycles. The van der Waals surface area contributed by atoms with Crippen LogP contribution in [-0.2, 0) is 11.3 Å². The van der Waals surface area contributed by atoms with Gasteiger partial charge in [-0.3, -0.25) is 4.79 Å². The Morgan fingerprint density at radius 3 is 3.05 bits per heavy atom. The van der Waals surface area contributed by atoms with E-state index < -0.39 is 0 Å². The van der Waals surface area contributed by atoms with Gasteiger partial charge in [-0.05, 0) is 30.7 Å². The lowest BCUT2D eigenvalue weighted by Crippen LogP contribution is -2.18. The van der Waals surface area contributed by atoms with Crippen LogP contribution in [0.4, 0.5) is 0 Å². The van der Waals surface area contributed by atoms with Crippen molar-refractivity contribution >= 4 is 5.91 Å². The summed E-state index contributed by atoms with van der Waals surface area (Å²) in [4.78, 5) is 10.6. The van der Waals surface area contributed by atoms with Gasteiger partial charge in [0, 0.05) is 13.0 Å². The molecule has 0 bridgehead atoms. The molecular formula is C13H18N2O4. The van der Waals surface area contributed by atoms with E-state index in [1.165, 1.54) is 0 Å². The summed E-state index contributed by atoms with van der Waals surface area (Å²) in [6, 6.07) is 3.83. The van der Waals surface area contributed by atoms with Crippen molar-refractivity contribution in [3.8, 4) is 17.2 Å². The van der Waals surface area contributed by atoms with E-state index in [1.807, 2.05) is 12.1 Å². The van der Waals surface area contributed by atoms with Gasteiger partial charge in [0.05, 0.1) is 7.11 Å². The minimum absolute atomic E-state index is 0.223. The van der Waals surface area contributed by atoms with Gasteiger partial charge in [-0.1, -0.05) is 0 Å². The van der Waals surface area contributed by atoms with Crippen LogP contribution in [0.1, 0.15) is 18.4 Å². The minimum Gasteiger partial charge on any atom is -0.493 e. The van der Waals surface area contributed by atoms with E-state index in [2.05, 4.69) is 5.32 Å². The summed E-state index contributed by atoms with van der Waals surface area (Å²) >= 11 is 0. The summed E-state index contributed by atoms with van der Waals surface area (Å²) in [5, 5.41) is 3.24. The molecule has 1 heterocycles. The van der Waals surface area contributed by atoms with Crippen molar-refractivity contribution in [3.05, 3.63) is 17.7 Å². The molecule has 1 aromatic carbocycles. The quantitative estimate of drug-likeness (QED) is 0.713. The third-order valence-electron chi connectivity index (χ3n) is 2.82.